The van der Waals surface area contributed by atoms with E-state index >= 15 is 0 Å². The number of amides is 2. The fourth-order valence-electron chi connectivity index (χ4n) is 2.74. The molecule has 1 aromatic carbocycles. The van der Waals surface area contributed by atoms with Crippen LogP contribution in [0.5, 0.6) is 0 Å². The number of benzene rings is 1. The van der Waals surface area contributed by atoms with Crippen molar-refractivity contribution in [2.45, 2.75) is 12.8 Å². The van der Waals surface area contributed by atoms with Crippen molar-refractivity contribution < 1.29 is 14.3 Å². The van der Waals surface area contributed by atoms with E-state index in [-0.39, 0.29) is 24.3 Å². The molecule has 2 heterocycles. The van der Waals surface area contributed by atoms with E-state index in [4.69, 9.17) is 4.74 Å². The lowest BCUT2D eigenvalue weighted by Gasteiger charge is -2.25. The summed E-state index contributed by atoms with van der Waals surface area (Å²) in [6, 6.07) is 5.68. The number of nitrogens with one attached hydrogen (secondary N) is 2. The molecule has 25 heavy (non-hydrogen) atoms. The topological polar surface area (TPSA) is 83.6 Å². The first-order valence-electron chi connectivity index (χ1n) is 8.50. The SMILES string of the molecule is O=C(CNC(=O)C1CC1)Nc1ccc2nc(N3CCOCC3)sc2c1. The molecule has 0 atom stereocenters. The number of aromatic nitrogens is 1. The number of nitrogens with zero attached hydrogens (tertiary/aromatic N) is 2. The summed E-state index contributed by atoms with van der Waals surface area (Å²) in [5, 5.41) is 6.48. The molecule has 2 amide bonds. The van der Waals surface area contributed by atoms with Gasteiger partial charge >= 0.3 is 0 Å². The Labute approximate surface area is 149 Å². The van der Waals surface area contributed by atoms with Gasteiger partial charge in [0, 0.05) is 24.7 Å². The van der Waals surface area contributed by atoms with E-state index in [2.05, 4.69) is 20.5 Å². The number of hydrogen-bond donors (Lipinski definition) is 2. The zero-order chi connectivity index (χ0) is 17.2. The number of ether oxygens (including phenoxy) is 1. The standard InChI is InChI=1S/C17H20N4O3S/c22-15(10-18-16(23)11-1-2-11)19-12-3-4-13-14(9-12)25-17(20-13)21-5-7-24-8-6-21/h3-4,9,11H,1-2,5-8,10H2,(H,18,23)(H,19,22). The molecule has 2 N–H and O–H groups in total. The average Bonchev–Trinajstić information content (AvgIpc) is 3.40. The van der Waals surface area contributed by atoms with Gasteiger partial charge in [-0.05, 0) is 31.0 Å². The predicted molar refractivity (Wildman–Crippen MR) is 97.0 cm³/mol. The summed E-state index contributed by atoms with van der Waals surface area (Å²) < 4.78 is 6.40. The minimum absolute atomic E-state index is 0.00902. The summed E-state index contributed by atoms with van der Waals surface area (Å²) in [5.74, 6) is -0.130. The Hall–Kier alpha value is -2.19. The zero-order valence-electron chi connectivity index (χ0n) is 13.8. The second-order valence-electron chi connectivity index (χ2n) is 6.32. The molecule has 2 aromatic rings. The quantitative estimate of drug-likeness (QED) is 0.846. The molecule has 7 nitrogen and oxygen atoms in total. The molecule has 4 rings (SSSR count). The van der Waals surface area contributed by atoms with Gasteiger partial charge in [0.25, 0.3) is 0 Å². The van der Waals surface area contributed by atoms with Crippen LogP contribution in [0.1, 0.15) is 12.8 Å². The van der Waals surface area contributed by atoms with Crippen LogP contribution in [0.3, 0.4) is 0 Å². The van der Waals surface area contributed by atoms with Crippen LogP contribution in [-0.2, 0) is 14.3 Å². The van der Waals surface area contributed by atoms with Crippen LogP contribution in [0.4, 0.5) is 10.8 Å². The molecule has 1 aliphatic heterocycles. The molecule has 0 radical (unpaired) electrons. The highest BCUT2D eigenvalue weighted by Crippen LogP contribution is 2.31. The van der Waals surface area contributed by atoms with Crippen LogP contribution in [-0.4, -0.2) is 49.6 Å². The number of morpholine rings is 1. The average molecular weight is 360 g/mol. The van der Waals surface area contributed by atoms with Crippen LogP contribution in [0, 0.1) is 5.92 Å². The Morgan fingerprint density at radius 3 is 2.84 bits per heavy atom. The lowest BCUT2D eigenvalue weighted by Crippen LogP contribution is -2.36. The van der Waals surface area contributed by atoms with E-state index in [1.54, 1.807) is 11.3 Å². The van der Waals surface area contributed by atoms with Crippen LogP contribution in [0.15, 0.2) is 18.2 Å². The molecule has 2 aliphatic rings. The smallest absolute Gasteiger partial charge is 0.243 e. The second-order valence-corrected chi connectivity index (χ2v) is 7.33. The minimum Gasteiger partial charge on any atom is -0.378 e. The summed E-state index contributed by atoms with van der Waals surface area (Å²) in [7, 11) is 0. The van der Waals surface area contributed by atoms with E-state index in [0.717, 1.165) is 60.2 Å². The van der Waals surface area contributed by atoms with Gasteiger partial charge in [0.05, 0.1) is 30.0 Å². The second kappa shape index (κ2) is 6.97. The van der Waals surface area contributed by atoms with E-state index in [9.17, 15) is 9.59 Å². The number of hydrogen-bond acceptors (Lipinski definition) is 6. The predicted octanol–water partition coefficient (Wildman–Crippen LogP) is 1.60. The molecule has 8 heteroatoms. The minimum atomic E-state index is -0.216. The highest BCUT2D eigenvalue weighted by Gasteiger charge is 2.29. The fraction of sp³-hybridized carbons (Fsp3) is 0.471. The van der Waals surface area contributed by atoms with Crippen molar-refractivity contribution in [3.63, 3.8) is 0 Å². The number of thiazole rings is 1. The zero-order valence-corrected chi connectivity index (χ0v) is 14.6. The number of fused-ring (bicyclic) bond motifs is 1. The fourth-order valence-corrected chi connectivity index (χ4v) is 3.80. The third-order valence-corrected chi connectivity index (χ3v) is 5.39. The maximum absolute atomic E-state index is 12.0. The van der Waals surface area contributed by atoms with E-state index in [1.165, 1.54) is 0 Å². The molecule has 1 aromatic heterocycles. The first-order chi connectivity index (χ1) is 12.2. The summed E-state index contributed by atoms with van der Waals surface area (Å²) in [4.78, 5) is 30.5. The third kappa shape index (κ3) is 3.91. The molecule has 0 bridgehead atoms. The summed E-state index contributed by atoms with van der Waals surface area (Å²) in [6.45, 7) is 3.16. The lowest BCUT2D eigenvalue weighted by molar-refractivity contribution is -0.125. The highest BCUT2D eigenvalue weighted by atomic mass is 32.1. The monoisotopic (exact) mass is 360 g/mol. The van der Waals surface area contributed by atoms with E-state index < -0.39 is 0 Å². The molecule has 132 valence electrons. The van der Waals surface area contributed by atoms with Crippen LogP contribution >= 0.6 is 11.3 Å². The van der Waals surface area contributed by atoms with Gasteiger partial charge in [0.2, 0.25) is 11.8 Å². The lowest BCUT2D eigenvalue weighted by atomic mass is 10.3. The van der Waals surface area contributed by atoms with Gasteiger partial charge in [0.1, 0.15) is 0 Å². The van der Waals surface area contributed by atoms with Crippen molar-refractivity contribution in [2.75, 3.05) is 43.1 Å². The van der Waals surface area contributed by atoms with Crippen molar-refractivity contribution in [1.29, 1.82) is 0 Å². The Morgan fingerprint density at radius 1 is 1.28 bits per heavy atom. The number of carbonyl (C=O) groups is 2. The molecule has 0 spiro atoms. The molecule has 1 aliphatic carbocycles. The Morgan fingerprint density at radius 2 is 2.08 bits per heavy atom. The van der Waals surface area contributed by atoms with Gasteiger partial charge in [-0.3, -0.25) is 9.59 Å². The van der Waals surface area contributed by atoms with Gasteiger partial charge < -0.3 is 20.3 Å². The van der Waals surface area contributed by atoms with E-state index in [1.807, 2.05) is 18.2 Å². The maximum atomic E-state index is 12.0. The van der Waals surface area contributed by atoms with Crippen molar-refractivity contribution in [3.05, 3.63) is 18.2 Å². The van der Waals surface area contributed by atoms with Gasteiger partial charge in [-0.2, -0.15) is 0 Å². The Bertz CT molecular complexity index is 796. The van der Waals surface area contributed by atoms with Crippen molar-refractivity contribution in [2.24, 2.45) is 5.92 Å². The largest absolute Gasteiger partial charge is 0.378 e. The van der Waals surface area contributed by atoms with Crippen molar-refractivity contribution >= 4 is 44.2 Å². The summed E-state index contributed by atoms with van der Waals surface area (Å²) >= 11 is 1.61. The summed E-state index contributed by atoms with van der Waals surface area (Å²) in [5.41, 5.74) is 1.64. The molecular formula is C17H20N4O3S. The van der Waals surface area contributed by atoms with Gasteiger partial charge in [-0.1, -0.05) is 11.3 Å². The van der Waals surface area contributed by atoms with Gasteiger partial charge in [-0.25, -0.2) is 4.98 Å². The number of carbonyl (C=O) groups excluding carboxylic acids is 2. The molecular weight excluding hydrogens is 340 g/mol. The van der Waals surface area contributed by atoms with Gasteiger partial charge in [-0.15, -0.1) is 0 Å². The van der Waals surface area contributed by atoms with Crippen LogP contribution < -0.4 is 15.5 Å². The summed E-state index contributed by atoms with van der Waals surface area (Å²) in [6.07, 6.45) is 1.86. The molecule has 0 unspecified atom stereocenters. The number of rotatable bonds is 5. The number of anilines is 2. The molecule has 2 fully saturated rings. The van der Waals surface area contributed by atoms with Crippen molar-refractivity contribution in [1.82, 2.24) is 10.3 Å². The van der Waals surface area contributed by atoms with Crippen LogP contribution in [0.25, 0.3) is 10.2 Å². The first-order valence-corrected chi connectivity index (χ1v) is 9.31. The molecule has 1 saturated heterocycles. The van der Waals surface area contributed by atoms with Gasteiger partial charge in [0.15, 0.2) is 5.13 Å². The highest BCUT2D eigenvalue weighted by molar-refractivity contribution is 7.22. The Balaban J connectivity index is 1.39. The van der Waals surface area contributed by atoms with E-state index in [0.29, 0.717) is 0 Å². The first kappa shape index (κ1) is 16.3. The normalized spacial score (nSPS) is 17.5. The molecule has 1 saturated carbocycles. The van der Waals surface area contributed by atoms with Crippen LogP contribution in [0.2, 0.25) is 0 Å². The third-order valence-electron chi connectivity index (χ3n) is 4.31. The maximum Gasteiger partial charge on any atom is 0.243 e. The Kier molecular flexibility index (Phi) is 4.54. The van der Waals surface area contributed by atoms with Crippen molar-refractivity contribution in [3.8, 4) is 0 Å².